The third-order valence-corrected chi connectivity index (χ3v) is 11.2. The Balaban J connectivity index is 0.999. The molecular formula is C40H54N4O5. The Morgan fingerprint density at radius 1 is 1.02 bits per heavy atom. The number of carbonyl (C=O) groups is 1. The second kappa shape index (κ2) is 16.0. The van der Waals surface area contributed by atoms with Gasteiger partial charge in [-0.3, -0.25) is 9.79 Å². The fourth-order valence-corrected chi connectivity index (χ4v) is 8.38. The van der Waals surface area contributed by atoms with Crippen LogP contribution in [0.5, 0.6) is 11.5 Å². The zero-order valence-corrected chi connectivity index (χ0v) is 28.7. The second-order valence-electron chi connectivity index (χ2n) is 14.8. The highest BCUT2D eigenvalue weighted by Crippen LogP contribution is 2.51. The van der Waals surface area contributed by atoms with Crippen molar-refractivity contribution in [1.82, 2.24) is 4.90 Å². The number of ketones is 1. The maximum Gasteiger partial charge on any atom is 0.163 e. The maximum atomic E-state index is 12.7. The van der Waals surface area contributed by atoms with Crippen molar-refractivity contribution in [3.8, 4) is 11.5 Å². The van der Waals surface area contributed by atoms with Crippen molar-refractivity contribution >= 4 is 11.5 Å². The normalized spacial score (nSPS) is 20.2. The fraction of sp³-hybridized carbons (Fsp3) is 0.550. The molecule has 7 N–H and O–H groups in total. The van der Waals surface area contributed by atoms with Crippen LogP contribution in [-0.2, 0) is 16.6 Å². The Hall–Kier alpha value is -3.50. The number of hydrogen-bond donors (Lipinski definition) is 5. The number of aliphatic imine (C=N–C) groups is 1. The minimum absolute atomic E-state index is 0.0408. The third kappa shape index (κ3) is 8.63. The quantitative estimate of drug-likeness (QED) is 0.135. The standard InChI is InChI=1S/C40H54N4O5/c41-39(42)29-9-6-10-30(20-29)40(17-4-5-18-40)35-23-43-36-25-44(24-34(35)36)26-49-38-19-28(13-16-37(38)48)12-15-32(46)22-33(47)21-31(45)14-11-27-7-2-1-3-8-27/h6,9-10,13,16,19-20,23-24,27,31,33,39,45,47-48H,1-5,7-8,11-12,14-15,17-18,21-22,25-26,41-42H2/t31-,33-/m1/s1. The summed E-state index contributed by atoms with van der Waals surface area (Å²) < 4.78 is 6.10. The number of nitrogens with zero attached hydrogens (tertiary/aromatic N) is 2. The largest absolute Gasteiger partial charge is 0.504 e. The van der Waals surface area contributed by atoms with E-state index in [-0.39, 0.29) is 42.9 Å². The molecule has 0 bridgehead atoms. The summed E-state index contributed by atoms with van der Waals surface area (Å²) >= 11 is 0. The number of aromatic hydroxyl groups is 1. The molecule has 2 aromatic rings. The molecule has 0 aromatic heterocycles. The number of hydrogen-bond acceptors (Lipinski definition) is 9. The van der Waals surface area contributed by atoms with Crippen molar-refractivity contribution < 1.29 is 24.9 Å². The Kier molecular flexibility index (Phi) is 11.6. The van der Waals surface area contributed by atoms with Gasteiger partial charge in [0.05, 0.1) is 30.6 Å². The van der Waals surface area contributed by atoms with Gasteiger partial charge >= 0.3 is 0 Å². The molecule has 0 spiro atoms. The lowest BCUT2D eigenvalue weighted by Crippen LogP contribution is -2.27. The summed E-state index contributed by atoms with van der Waals surface area (Å²) in [7, 11) is 0. The monoisotopic (exact) mass is 670 g/mol. The van der Waals surface area contributed by atoms with Crippen molar-refractivity contribution in [2.45, 2.75) is 120 Å². The van der Waals surface area contributed by atoms with Gasteiger partial charge in [-0.25, -0.2) is 0 Å². The predicted molar refractivity (Wildman–Crippen MR) is 192 cm³/mol. The van der Waals surface area contributed by atoms with Gasteiger partial charge in [-0.2, -0.15) is 0 Å². The van der Waals surface area contributed by atoms with Crippen molar-refractivity contribution in [1.29, 1.82) is 0 Å². The highest BCUT2D eigenvalue weighted by atomic mass is 16.5. The number of aliphatic hydroxyl groups is 2. The molecule has 2 aliphatic carbocycles. The van der Waals surface area contributed by atoms with Crippen molar-refractivity contribution in [2.24, 2.45) is 22.4 Å². The van der Waals surface area contributed by atoms with Crippen molar-refractivity contribution in [3.63, 3.8) is 0 Å². The lowest BCUT2D eigenvalue weighted by molar-refractivity contribution is -0.121. The van der Waals surface area contributed by atoms with Gasteiger partial charge in [0.15, 0.2) is 18.2 Å². The molecule has 6 rings (SSSR count). The van der Waals surface area contributed by atoms with Crippen LogP contribution in [0.15, 0.2) is 71.0 Å². The zero-order chi connectivity index (χ0) is 34.4. The average Bonchev–Trinajstić information content (AvgIpc) is 3.84. The summed E-state index contributed by atoms with van der Waals surface area (Å²) in [5, 5.41) is 31.4. The maximum absolute atomic E-state index is 12.7. The van der Waals surface area contributed by atoms with Gasteiger partial charge in [0.2, 0.25) is 0 Å². The van der Waals surface area contributed by atoms with Gasteiger partial charge in [-0.15, -0.1) is 0 Å². The molecule has 9 heteroatoms. The summed E-state index contributed by atoms with van der Waals surface area (Å²) in [6.45, 7) is 0.858. The SMILES string of the molecule is NC(N)c1cccc(C2(C3=CN=C4CN(COc5cc(CCC(=O)C[C@H](O)C[C@H](O)CCC6CCCCC6)ccc5O)C=C34)CCCC2)c1. The number of nitrogens with two attached hydrogens (primary N) is 2. The molecular weight excluding hydrogens is 616 g/mol. The van der Waals surface area contributed by atoms with Gasteiger partial charge in [0.25, 0.3) is 0 Å². The van der Waals surface area contributed by atoms with Gasteiger partial charge in [0, 0.05) is 36.2 Å². The van der Waals surface area contributed by atoms with Crippen LogP contribution in [0.2, 0.25) is 0 Å². The first-order valence-corrected chi connectivity index (χ1v) is 18.4. The number of benzene rings is 2. The Morgan fingerprint density at radius 3 is 2.59 bits per heavy atom. The smallest absolute Gasteiger partial charge is 0.163 e. The summed E-state index contributed by atoms with van der Waals surface area (Å²) in [5.74, 6) is 1.05. The number of aliphatic hydroxyl groups excluding tert-OH is 2. The zero-order valence-electron chi connectivity index (χ0n) is 28.7. The van der Waals surface area contributed by atoms with Crippen LogP contribution in [0, 0.1) is 5.92 Å². The molecule has 264 valence electrons. The Labute approximate surface area is 290 Å². The molecule has 2 fully saturated rings. The van der Waals surface area contributed by atoms with Crippen LogP contribution in [0.3, 0.4) is 0 Å². The summed E-state index contributed by atoms with van der Waals surface area (Å²) in [6, 6.07) is 13.5. The number of fused-ring (bicyclic) bond motifs is 1. The highest BCUT2D eigenvalue weighted by molar-refractivity contribution is 6.10. The number of Topliss-reactive ketones (excluding diaryl/α,β-unsaturated/α-hetero) is 1. The van der Waals surface area contributed by atoms with Crippen LogP contribution in [0.1, 0.15) is 113 Å². The molecule has 0 radical (unpaired) electrons. The van der Waals surface area contributed by atoms with Crippen molar-refractivity contribution in [2.75, 3.05) is 13.3 Å². The first-order chi connectivity index (χ1) is 23.7. The van der Waals surface area contributed by atoms with E-state index in [1.165, 1.54) is 43.2 Å². The van der Waals surface area contributed by atoms with Crippen LogP contribution in [0.4, 0.5) is 0 Å². The molecule has 2 atom stereocenters. The van der Waals surface area contributed by atoms with Gasteiger partial charge in [0.1, 0.15) is 5.78 Å². The number of allylic oxidation sites excluding steroid dienone is 1. The molecule has 0 amide bonds. The number of rotatable bonds is 16. The van der Waals surface area contributed by atoms with Crippen LogP contribution in [-0.4, -0.2) is 57.2 Å². The van der Waals surface area contributed by atoms with E-state index in [1.54, 1.807) is 18.2 Å². The van der Waals surface area contributed by atoms with E-state index in [1.807, 2.05) is 18.3 Å². The van der Waals surface area contributed by atoms with Gasteiger partial charge in [-0.05, 0) is 78.8 Å². The molecule has 49 heavy (non-hydrogen) atoms. The Bertz CT molecular complexity index is 1550. The highest BCUT2D eigenvalue weighted by Gasteiger charge is 2.44. The van der Waals surface area contributed by atoms with Gasteiger partial charge < -0.3 is 36.4 Å². The number of ether oxygens (including phenoxy) is 1. The van der Waals surface area contributed by atoms with E-state index in [2.05, 4.69) is 23.2 Å². The first-order valence-electron chi connectivity index (χ1n) is 18.4. The Morgan fingerprint density at radius 2 is 1.82 bits per heavy atom. The van der Waals surface area contributed by atoms with E-state index < -0.39 is 18.4 Å². The summed E-state index contributed by atoms with van der Waals surface area (Å²) in [4.78, 5) is 19.6. The molecule has 2 aromatic carbocycles. The van der Waals surface area contributed by atoms with Crippen LogP contribution < -0.4 is 16.2 Å². The average molecular weight is 671 g/mol. The summed E-state index contributed by atoms with van der Waals surface area (Å²) in [6.07, 6.45) is 15.7. The van der Waals surface area contributed by atoms with E-state index >= 15 is 0 Å². The molecule has 2 aliphatic heterocycles. The lowest BCUT2D eigenvalue weighted by atomic mass is 9.70. The van der Waals surface area contributed by atoms with Crippen LogP contribution in [0.25, 0.3) is 0 Å². The number of phenolic OH excluding ortho intramolecular Hbond substituents is 1. The number of aryl methyl sites for hydroxylation is 1. The summed E-state index contributed by atoms with van der Waals surface area (Å²) in [5.41, 5.74) is 18.4. The lowest BCUT2D eigenvalue weighted by Gasteiger charge is -2.32. The second-order valence-corrected chi connectivity index (χ2v) is 14.8. The fourth-order valence-electron chi connectivity index (χ4n) is 8.38. The molecule has 0 unspecified atom stereocenters. The molecule has 2 saturated carbocycles. The van der Waals surface area contributed by atoms with E-state index in [9.17, 15) is 20.1 Å². The van der Waals surface area contributed by atoms with E-state index in [0.717, 1.165) is 54.5 Å². The predicted octanol–water partition coefficient (Wildman–Crippen LogP) is 6.06. The van der Waals surface area contributed by atoms with Gasteiger partial charge in [-0.1, -0.05) is 75.3 Å². The molecule has 2 heterocycles. The number of carbonyl (C=O) groups excluding carboxylic acids is 1. The minimum Gasteiger partial charge on any atom is -0.504 e. The third-order valence-electron chi connectivity index (χ3n) is 11.2. The molecule has 9 nitrogen and oxygen atoms in total. The molecule has 0 saturated heterocycles. The first kappa shape index (κ1) is 35.3. The van der Waals surface area contributed by atoms with Crippen LogP contribution >= 0.6 is 0 Å². The van der Waals surface area contributed by atoms with E-state index in [4.69, 9.17) is 21.2 Å². The van der Waals surface area contributed by atoms with Crippen molar-refractivity contribution in [3.05, 3.63) is 82.7 Å². The molecule has 4 aliphatic rings. The topological polar surface area (TPSA) is 155 Å². The number of phenols is 1. The minimum atomic E-state index is -0.834. The van der Waals surface area contributed by atoms with E-state index in [0.29, 0.717) is 31.1 Å².